The highest BCUT2D eigenvalue weighted by Gasteiger charge is 2.46. The van der Waals surface area contributed by atoms with Gasteiger partial charge in [-0.2, -0.15) is 0 Å². The molecule has 2 heterocycles. The highest BCUT2D eigenvalue weighted by molar-refractivity contribution is 7.88. The zero-order valence-electron chi connectivity index (χ0n) is 15.3. The minimum atomic E-state index is -3.22. The van der Waals surface area contributed by atoms with Crippen LogP contribution in [0.4, 0.5) is 0 Å². The van der Waals surface area contributed by atoms with Crippen LogP contribution in [-0.2, 0) is 10.0 Å². The number of rotatable bonds is 6. The van der Waals surface area contributed by atoms with Crippen LogP contribution in [0.1, 0.15) is 36.0 Å². The van der Waals surface area contributed by atoms with Gasteiger partial charge in [0.25, 0.3) is 0 Å². The molecule has 0 aromatic heterocycles. The van der Waals surface area contributed by atoms with Crippen LogP contribution in [0.3, 0.4) is 0 Å². The first-order valence-electron chi connectivity index (χ1n) is 9.26. The number of likely N-dealkylation sites (tertiary alicyclic amines) is 1. The van der Waals surface area contributed by atoms with Crippen molar-refractivity contribution in [3.05, 3.63) is 35.9 Å². The van der Waals surface area contributed by atoms with Crippen molar-refractivity contribution in [2.45, 2.75) is 31.3 Å². The van der Waals surface area contributed by atoms with E-state index in [1.54, 1.807) is 0 Å². The number of sulfonamides is 1. The molecule has 144 valence electrons. The molecular formula is C19H28N2O4S. The maximum Gasteiger partial charge on any atom is 0.211 e. The topological polar surface area (TPSA) is 77.9 Å². The molecule has 0 aliphatic carbocycles. The van der Waals surface area contributed by atoms with Gasteiger partial charge < -0.3 is 10.0 Å². The molecule has 1 aromatic carbocycles. The predicted octanol–water partition coefficient (Wildman–Crippen LogP) is 1.37. The zero-order valence-corrected chi connectivity index (χ0v) is 16.1. The van der Waals surface area contributed by atoms with Crippen molar-refractivity contribution in [3.8, 4) is 0 Å². The summed E-state index contributed by atoms with van der Waals surface area (Å²) in [6.07, 6.45) is 3.68. The Morgan fingerprint density at radius 2 is 1.88 bits per heavy atom. The third-order valence-electron chi connectivity index (χ3n) is 5.76. The van der Waals surface area contributed by atoms with E-state index >= 15 is 0 Å². The molecule has 0 unspecified atom stereocenters. The van der Waals surface area contributed by atoms with E-state index in [2.05, 4.69) is 4.90 Å². The fourth-order valence-corrected chi connectivity index (χ4v) is 4.95. The van der Waals surface area contributed by atoms with Gasteiger partial charge in [-0.3, -0.25) is 4.79 Å². The normalized spacial score (nSPS) is 27.8. The molecule has 0 bridgehead atoms. The standard InChI is InChI=1S/C19H28N2O4S/c1-26(24,25)21-13-10-19(23)9-12-20(14-17(19)15-21)11-5-8-18(22)16-6-3-2-4-7-16/h2-4,6-7,17,23H,5,8-15H2,1H3/t17-,19-/m1/s1. The van der Waals surface area contributed by atoms with Crippen LogP contribution in [0.15, 0.2) is 30.3 Å². The molecule has 7 heteroatoms. The summed E-state index contributed by atoms with van der Waals surface area (Å²) < 4.78 is 25.1. The van der Waals surface area contributed by atoms with Crippen molar-refractivity contribution in [1.82, 2.24) is 9.21 Å². The second-order valence-electron chi connectivity index (χ2n) is 7.61. The molecule has 0 saturated carbocycles. The van der Waals surface area contributed by atoms with Gasteiger partial charge in [0.2, 0.25) is 10.0 Å². The average molecular weight is 381 g/mol. The van der Waals surface area contributed by atoms with Crippen LogP contribution in [-0.4, -0.2) is 73.1 Å². The summed E-state index contributed by atoms with van der Waals surface area (Å²) in [6.45, 7) is 3.06. The Morgan fingerprint density at radius 3 is 2.58 bits per heavy atom. The molecule has 0 spiro atoms. The van der Waals surface area contributed by atoms with E-state index in [1.807, 2.05) is 30.3 Å². The minimum absolute atomic E-state index is 0.0652. The lowest BCUT2D eigenvalue weighted by molar-refractivity contribution is -0.101. The van der Waals surface area contributed by atoms with Gasteiger partial charge in [-0.15, -0.1) is 0 Å². The summed E-state index contributed by atoms with van der Waals surface area (Å²) in [4.78, 5) is 14.4. The fourth-order valence-electron chi connectivity index (χ4n) is 4.08. The van der Waals surface area contributed by atoms with Gasteiger partial charge >= 0.3 is 0 Å². The van der Waals surface area contributed by atoms with Crippen molar-refractivity contribution in [1.29, 1.82) is 0 Å². The molecule has 1 N–H and O–H groups in total. The number of hydrogen-bond acceptors (Lipinski definition) is 5. The highest BCUT2D eigenvalue weighted by Crippen LogP contribution is 2.36. The summed E-state index contributed by atoms with van der Waals surface area (Å²) in [7, 11) is -3.22. The van der Waals surface area contributed by atoms with Crippen LogP contribution >= 0.6 is 0 Å². The Hall–Kier alpha value is -1.28. The monoisotopic (exact) mass is 380 g/mol. The third kappa shape index (κ3) is 4.52. The van der Waals surface area contributed by atoms with E-state index in [4.69, 9.17) is 0 Å². The van der Waals surface area contributed by atoms with E-state index in [-0.39, 0.29) is 11.7 Å². The highest BCUT2D eigenvalue weighted by atomic mass is 32.2. The lowest BCUT2D eigenvalue weighted by atomic mass is 9.76. The van der Waals surface area contributed by atoms with Crippen LogP contribution < -0.4 is 0 Å². The number of carbonyl (C=O) groups is 1. The molecule has 2 aliphatic heterocycles. The van der Waals surface area contributed by atoms with Gasteiger partial charge in [-0.1, -0.05) is 30.3 Å². The molecule has 3 rings (SSSR count). The van der Waals surface area contributed by atoms with E-state index in [9.17, 15) is 18.3 Å². The van der Waals surface area contributed by atoms with Crippen molar-refractivity contribution < 1.29 is 18.3 Å². The van der Waals surface area contributed by atoms with Crippen LogP contribution in [0.5, 0.6) is 0 Å². The van der Waals surface area contributed by atoms with E-state index in [0.717, 1.165) is 25.1 Å². The second-order valence-corrected chi connectivity index (χ2v) is 9.60. The van der Waals surface area contributed by atoms with Gasteiger partial charge in [0.05, 0.1) is 11.9 Å². The Kier molecular flexibility index (Phi) is 5.81. The summed E-state index contributed by atoms with van der Waals surface area (Å²) in [5, 5.41) is 10.9. The molecule has 6 nitrogen and oxygen atoms in total. The number of fused-ring (bicyclic) bond motifs is 1. The van der Waals surface area contributed by atoms with Gasteiger partial charge in [0.15, 0.2) is 5.78 Å². The summed E-state index contributed by atoms with van der Waals surface area (Å²) in [5.74, 6) is 0.0876. The number of nitrogens with zero attached hydrogens (tertiary/aromatic N) is 2. The van der Waals surface area contributed by atoms with Crippen LogP contribution in [0.25, 0.3) is 0 Å². The van der Waals surface area contributed by atoms with Gasteiger partial charge in [-0.05, 0) is 25.8 Å². The van der Waals surface area contributed by atoms with Crippen LogP contribution in [0, 0.1) is 5.92 Å². The molecule has 0 radical (unpaired) electrons. The fraction of sp³-hybridized carbons (Fsp3) is 0.632. The Balaban J connectivity index is 1.51. The first-order valence-corrected chi connectivity index (χ1v) is 11.1. The maximum atomic E-state index is 12.2. The summed E-state index contributed by atoms with van der Waals surface area (Å²) >= 11 is 0. The molecular weight excluding hydrogens is 352 g/mol. The van der Waals surface area contributed by atoms with E-state index in [1.165, 1.54) is 10.6 Å². The number of carbonyl (C=O) groups excluding carboxylic acids is 1. The van der Waals surface area contributed by atoms with Gasteiger partial charge in [0, 0.05) is 44.1 Å². The Morgan fingerprint density at radius 1 is 1.19 bits per heavy atom. The first-order chi connectivity index (χ1) is 12.3. The van der Waals surface area contributed by atoms with Crippen molar-refractivity contribution in [2.24, 2.45) is 5.92 Å². The molecule has 1 aromatic rings. The predicted molar refractivity (Wildman–Crippen MR) is 101 cm³/mol. The quantitative estimate of drug-likeness (QED) is 0.754. The molecule has 2 atom stereocenters. The second kappa shape index (κ2) is 7.76. The molecule has 0 amide bonds. The molecule has 26 heavy (non-hydrogen) atoms. The van der Waals surface area contributed by atoms with Crippen molar-refractivity contribution in [3.63, 3.8) is 0 Å². The third-order valence-corrected chi connectivity index (χ3v) is 7.03. The van der Waals surface area contributed by atoms with E-state index < -0.39 is 15.6 Å². The smallest absolute Gasteiger partial charge is 0.211 e. The zero-order chi connectivity index (χ0) is 18.8. The Labute approximate surface area is 155 Å². The van der Waals surface area contributed by atoms with Crippen molar-refractivity contribution >= 4 is 15.8 Å². The maximum absolute atomic E-state index is 12.2. The SMILES string of the molecule is CS(=O)(=O)N1CC[C@]2(O)CCN(CCCC(=O)c3ccccc3)C[C@@H]2C1. The number of ketones is 1. The summed E-state index contributed by atoms with van der Waals surface area (Å²) in [6, 6.07) is 9.32. The lowest BCUT2D eigenvalue weighted by Gasteiger charge is -2.49. The molecule has 2 fully saturated rings. The number of piperidine rings is 2. The van der Waals surface area contributed by atoms with E-state index in [0.29, 0.717) is 38.9 Å². The number of aliphatic hydroxyl groups is 1. The average Bonchev–Trinajstić information content (AvgIpc) is 2.61. The van der Waals surface area contributed by atoms with Gasteiger partial charge in [0.1, 0.15) is 0 Å². The molecule has 2 aliphatic rings. The number of benzene rings is 1. The molecule has 2 saturated heterocycles. The van der Waals surface area contributed by atoms with Gasteiger partial charge in [-0.25, -0.2) is 12.7 Å². The largest absolute Gasteiger partial charge is 0.389 e. The number of hydrogen-bond donors (Lipinski definition) is 1. The first kappa shape index (κ1) is 19.5. The Bertz CT molecular complexity index is 737. The minimum Gasteiger partial charge on any atom is -0.389 e. The number of Topliss-reactive ketones (excluding diaryl/α,β-unsaturated/α-hetero) is 1. The van der Waals surface area contributed by atoms with Crippen LogP contribution in [0.2, 0.25) is 0 Å². The summed E-state index contributed by atoms with van der Waals surface area (Å²) in [5.41, 5.74) is -0.00559. The van der Waals surface area contributed by atoms with Crippen molar-refractivity contribution in [2.75, 3.05) is 39.0 Å². The lowest BCUT2D eigenvalue weighted by Crippen LogP contribution is -2.60.